The van der Waals surface area contributed by atoms with Crippen LogP contribution < -0.4 is 0 Å². The molecule has 2 heteroatoms. The van der Waals surface area contributed by atoms with Crippen molar-refractivity contribution < 1.29 is 5.11 Å². The van der Waals surface area contributed by atoms with Crippen LogP contribution >= 0.6 is 0 Å². The molecule has 0 saturated carbocycles. The highest BCUT2D eigenvalue weighted by Crippen LogP contribution is 1.92. The lowest BCUT2D eigenvalue weighted by Gasteiger charge is -1.89. The Labute approximate surface area is 72.3 Å². The first-order chi connectivity index (χ1) is 5.93. The van der Waals surface area contributed by atoms with Gasteiger partial charge in [-0.3, -0.25) is 4.98 Å². The number of hydrogen-bond acceptors (Lipinski definition) is 2. The average molecular weight is 161 g/mol. The molecular weight excluding hydrogens is 150 g/mol. The first-order valence-electron chi connectivity index (χ1n) is 3.90. The lowest BCUT2D eigenvalue weighted by molar-refractivity contribution is 0.305. The van der Waals surface area contributed by atoms with Gasteiger partial charge in [0.15, 0.2) is 0 Å². The number of hydrogen-bond donors (Lipinski definition) is 1. The summed E-state index contributed by atoms with van der Waals surface area (Å²) in [6.07, 6.45) is 2.97. The Morgan fingerprint density at radius 1 is 1.33 bits per heavy atom. The van der Waals surface area contributed by atoms with Gasteiger partial charge in [0.1, 0.15) is 0 Å². The molecule has 0 aliphatic rings. The van der Waals surface area contributed by atoms with E-state index in [9.17, 15) is 0 Å². The largest absolute Gasteiger partial charge is 0.395 e. The zero-order valence-electron chi connectivity index (χ0n) is 6.83. The predicted octanol–water partition coefficient (Wildman–Crippen LogP) is 1.01. The predicted molar refractivity (Wildman–Crippen MR) is 47.4 cm³/mol. The number of pyridine rings is 1. The smallest absolute Gasteiger partial charge is 0.0540 e. The standard InChI is InChI=1S/C10H11NO/c12-9-5-1-2-6-10-7-3-4-8-11-10/h3-4,7-8,12H,5-6,9H2. The molecule has 1 aromatic rings. The molecule has 12 heavy (non-hydrogen) atoms. The minimum atomic E-state index is 0.134. The molecule has 1 heterocycles. The van der Waals surface area contributed by atoms with Gasteiger partial charge < -0.3 is 5.11 Å². The molecule has 1 N–H and O–H groups in total. The third-order valence-electron chi connectivity index (χ3n) is 1.36. The molecule has 0 bridgehead atoms. The van der Waals surface area contributed by atoms with Crippen LogP contribution in [0.25, 0.3) is 0 Å². The minimum Gasteiger partial charge on any atom is -0.395 e. The van der Waals surface area contributed by atoms with Crippen molar-refractivity contribution in [1.82, 2.24) is 4.98 Å². The van der Waals surface area contributed by atoms with Gasteiger partial charge >= 0.3 is 0 Å². The summed E-state index contributed by atoms with van der Waals surface area (Å²) in [4.78, 5) is 4.11. The van der Waals surface area contributed by atoms with Crippen molar-refractivity contribution in [3.8, 4) is 11.8 Å². The molecule has 2 nitrogen and oxygen atoms in total. The van der Waals surface area contributed by atoms with Gasteiger partial charge in [-0.1, -0.05) is 12.0 Å². The van der Waals surface area contributed by atoms with Gasteiger partial charge in [0.05, 0.1) is 18.7 Å². The van der Waals surface area contributed by atoms with Gasteiger partial charge in [-0.25, -0.2) is 0 Å². The van der Waals surface area contributed by atoms with Crippen LogP contribution in [0.15, 0.2) is 24.4 Å². The molecule has 0 atom stereocenters. The Morgan fingerprint density at radius 3 is 2.92 bits per heavy atom. The highest BCUT2D eigenvalue weighted by atomic mass is 16.2. The van der Waals surface area contributed by atoms with Crippen LogP contribution in [0, 0.1) is 11.8 Å². The van der Waals surface area contributed by atoms with Crippen LogP contribution in [0.3, 0.4) is 0 Å². The molecule has 0 aromatic carbocycles. The number of aromatic nitrogens is 1. The van der Waals surface area contributed by atoms with Crippen molar-refractivity contribution >= 4 is 0 Å². The molecule has 1 rings (SSSR count). The van der Waals surface area contributed by atoms with Crippen molar-refractivity contribution in [2.24, 2.45) is 0 Å². The summed E-state index contributed by atoms with van der Waals surface area (Å²) >= 11 is 0. The van der Waals surface area contributed by atoms with Crippen molar-refractivity contribution in [2.45, 2.75) is 12.8 Å². The normalized spacial score (nSPS) is 8.75. The summed E-state index contributed by atoms with van der Waals surface area (Å²) in [5, 5.41) is 8.45. The van der Waals surface area contributed by atoms with E-state index in [0.717, 1.165) is 5.69 Å². The van der Waals surface area contributed by atoms with E-state index in [-0.39, 0.29) is 6.61 Å². The number of aliphatic hydroxyl groups excluding tert-OH is 1. The fraction of sp³-hybridized carbons (Fsp3) is 0.300. The number of nitrogens with zero attached hydrogens (tertiary/aromatic N) is 1. The monoisotopic (exact) mass is 161 g/mol. The fourth-order valence-electron chi connectivity index (χ4n) is 0.800. The average Bonchev–Trinajstić information content (AvgIpc) is 2.14. The Bertz CT molecular complexity index is 271. The molecule has 62 valence electrons. The maximum atomic E-state index is 8.45. The second-order valence-corrected chi connectivity index (χ2v) is 2.33. The first-order valence-corrected chi connectivity index (χ1v) is 3.90. The quantitative estimate of drug-likeness (QED) is 0.657. The summed E-state index contributed by atoms with van der Waals surface area (Å²) in [6, 6.07) is 5.76. The molecular formula is C10H11NO. The van der Waals surface area contributed by atoms with Crippen LogP contribution in [-0.2, 0) is 6.42 Å². The summed E-state index contributed by atoms with van der Waals surface area (Å²) in [5.41, 5.74) is 0.975. The maximum absolute atomic E-state index is 8.45. The van der Waals surface area contributed by atoms with E-state index in [1.807, 2.05) is 18.2 Å². The number of aliphatic hydroxyl groups is 1. The lowest BCUT2D eigenvalue weighted by atomic mass is 10.3. The Hall–Kier alpha value is -1.33. The summed E-state index contributed by atoms with van der Waals surface area (Å²) in [7, 11) is 0. The van der Waals surface area contributed by atoms with E-state index in [1.54, 1.807) is 6.20 Å². The van der Waals surface area contributed by atoms with Crippen LogP contribution in [0.1, 0.15) is 12.1 Å². The van der Waals surface area contributed by atoms with E-state index in [0.29, 0.717) is 12.8 Å². The second-order valence-electron chi connectivity index (χ2n) is 2.33. The first kappa shape index (κ1) is 8.76. The van der Waals surface area contributed by atoms with E-state index in [1.165, 1.54) is 0 Å². The zero-order valence-corrected chi connectivity index (χ0v) is 6.83. The SMILES string of the molecule is OCCC#CCc1ccccn1. The lowest BCUT2D eigenvalue weighted by Crippen LogP contribution is -1.85. The molecule has 0 saturated heterocycles. The molecule has 0 amide bonds. The Kier molecular flexibility index (Phi) is 3.90. The van der Waals surface area contributed by atoms with Crippen LogP contribution in [0.5, 0.6) is 0 Å². The van der Waals surface area contributed by atoms with Crippen LogP contribution in [-0.4, -0.2) is 16.7 Å². The summed E-state index contributed by atoms with van der Waals surface area (Å²) in [6.45, 7) is 0.134. The topological polar surface area (TPSA) is 33.1 Å². The zero-order chi connectivity index (χ0) is 8.65. The third kappa shape index (κ3) is 3.18. The summed E-state index contributed by atoms with van der Waals surface area (Å²) in [5.74, 6) is 5.77. The highest BCUT2D eigenvalue weighted by Gasteiger charge is 1.85. The van der Waals surface area contributed by atoms with Gasteiger partial charge in [-0.15, -0.1) is 5.92 Å². The van der Waals surface area contributed by atoms with E-state index in [4.69, 9.17) is 5.11 Å². The molecule has 0 radical (unpaired) electrons. The summed E-state index contributed by atoms with van der Waals surface area (Å²) < 4.78 is 0. The molecule has 0 aliphatic carbocycles. The molecule has 0 unspecified atom stereocenters. The molecule has 0 spiro atoms. The van der Waals surface area contributed by atoms with Gasteiger partial charge in [0, 0.05) is 12.6 Å². The van der Waals surface area contributed by atoms with E-state index in [2.05, 4.69) is 16.8 Å². The van der Waals surface area contributed by atoms with Crippen LogP contribution in [0.4, 0.5) is 0 Å². The van der Waals surface area contributed by atoms with E-state index >= 15 is 0 Å². The van der Waals surface area contributed by atoms with Crippen molar-refractivity contribution in [2.75, 3.05) is 6.61 Å². The van der Waals surface area contributed by atoms with Gasteiger partial charge in [-0.05, 0) is 12.1 Å². The highest BCUT2D eigenvalue weighted by molar-refractivity contribution is 5.12. The molecule has 0 aliphatic heterocycles. The van der Waals surface area contributed by atoms with Crippen molar-refractivity contribution in [1.29, 1.82) is 0 Å². The second kappa shape index (κ2) is 5.34. The third-order valence-corrected chi connectivity index (χ3v) is 1.36. The maximum Gasteiger partial charge on any atom is 0.0540 e. The molecule has 1 aromatic heterocycles. The van der Waals surface area contributed by atoms with Gasteiger partial charge in [-0.2, -0.15) is 0 Å². The van der Waals surface area contributed by atoms with E-state index < -0.39 is 0 Å². The fourth-order valence-corrected chi connectivity index (χ4v) is 0.800. The Morgan fingerprint density at radius 2 is 2.25 bits per heavy atom. The number of rotatable bonds is 2. The van der Waals surface area contributed by atoms with Gasteiger partial charge in [0.25, 0.3) is 0 Å². The Balaban J connectivity index is 2.40. The molecule has 0 fully saturated rings. The van der Waals surface area contributed by atoms with Crippen molar-refractivity contribution in [3.63, 3.8) is 0 Å². The minimum absolute atomic E-state index is 0.134. The van der Waals surface area contributed by atoms with Crippen LogP contribution in [0.2, 0.25) is 0 Å². The van der Waals surface area contributed by atoms with Gasteiger partial charge in [0.2, 0.25) is 0 Å². The van der Waals surface area contributed by atoms with Crippen molar-refractivity contribution in [3.05, 3.63) is 30.1 Å².